The first-order chi connectivity index (χ1) is 15.1. The van der Waals surface area contributed by atoms with Gasteiger partial charge < -0.3 is 9.53 Å². The van der Waals surface area contributed by atoms with E-state index in [1.54, 1.807) is 25.1 Å². The fourth-order valence-electron chi connectivity index (χ4n) is 3.82. The van der Waals surface area contributed by atoms with Crippen LogP contribution in [0.5, 0.6) is 0 Å². The molecule has 1 aliphatic carbocycles. The van der Waals surface area contributed by atoms with Crippen molar-refractivity contribution < 1.29 is 18.7 Å². The van der Waals surface area contributed by atoms with Gasteiger partial charge in [0.25, 0.3) is 0 Å². The average Bonchev–Trinajstić information content (AvgIpc) is 3.11. The van der Waals surface area contributed by atoms with Crippen molar-refractivity contribution in [1.82, 2.24) is 4.31 Å². The van der Waals surface area contributed by atoms with E-state index in [0.717, 1.165) is 40.5 Å². The van der Waals surface area contributed by atoms with Gasteiger partial charge in [-0.2, -0.15) is 0 Å². The normalized spacial score (nSPS) is 13.2. The lowest BCUT2D eigenvalue weighted by Crippen LogP contribution is -2.34. The van der Waals surface area contributed by atoms with E-state index in [2.05, 4.69) is 24.3 Å². The summed E-state index contributed by atoms with van der Waals surface area (Å²) in [5, 5.41) is 0. The monoisotopic (exact) mass is 435 g/mol. The Kier molecular flexibility index (Phi) is 6.37. The van der Waals surface area contributed by atoms with E-state index in [9.17, 15) is 14.0 Å². The number of ether oxygens (including phenoxy) is 1. The topological polar surface area (TPSA) is 46.6 Å². The quantitative estimate of drug-likeness (QED) is 0.334. The van der Waals surface area contributed by atoms with Gasteiger partial charge in [0, 0.05) is 12.3 Å². The maximum Gasteiger partial charge on any atom is 0.420 e. The molecule has 4 rings (SSSR count). The molecular weight excluding hydrogens is 413 g/mol. The van der Waals surface area contributed by atoms with Crippen molar-refractivity contribution in [1.29, 1.82) is 0 Å². The van der Waals surface area contributed by atoms with Crippen LogP contribution >= 0.6 is 11.9 Å². The summed E-state index contributed by atoms with van der Waals surface area (Å²) in [7, 11) is 0. The highest BCUT2D eigenvalue weighted by Gasteiger charge is 2.31. The molecule has 6 heteroatoms. The van der Waals surface area contributed by atoms with E-state index in [0.29, 0.717) is 4.90 Å². The van der Waals surface area contributed by atoms with E-state index >= 15 is 0 Å². The van der Waals surface area contributed by atoms with E-state index in [1.165, 1.54) is 10.4 Å². The van der Waals surface area contributed by atoms with Crippen molar-refractivity contribution in [2.75, 3.05) is 6.61 Å². The van der Waals surface area contributed by atoms with Crippen LogP contribution in [0.4, 0.5) is 9.18 Å². The number of fused-ring (bicyclic) bond motifs is 3. The molecule has 0 fully saturated rings. The zero-order valence-corrected chi connectivity index (χ0v) is 17.8. The minimum atomic E-state index is -0.593. The smallest absolute Gasteiger partial charge is 0.420 e. The van der Waals surface area contributed by atoms with Gasteiger partial charge in [-0.25, -0.2) is 13.5 Å². The third kappa shape index (κ3) is 4.35. The number of aldehydes is 1. The highest BCUT2D eigenvalue weighted by atomic mass is 32.2. The molecule has 3 aromatic rings. The second kappa shape index (κ2) is 9.35. The van der Waals surface area contributed by atoms with E-state index in [-0.39, 0.29) is 18.9 Å². The molecule has 3 aromatic carbocycles. The molecule has 0 spiro atoms. The largest absolute Gasteiger partial charge is 0.448 e. The van der Waals surface area contributed by atoms with Gasteiger partial charge in [0.05, 0.1) is 10.9 Å². The Morgan fingerprint density at radius 2 is 1.61 bits per heavy atom. The molecule has 1 atom stereocenters. The van der Waals surface area contributed by atoms with E-state index in [1.807, 2.05) is 24.3 Å². The van der Waals surface area contributed by atoms with Crippen LogP contribution in [-0.4, -0.2) is 29.3 Å². The van der Waals surface area contributed by atoms with Gasteiger partial charge in [0.15, 0.2) is 0 Å². The third-order valence-electron chi connectivity index (χ3n) is 5.39. The van der Waals surface area contributed by atoms with Gasteiger partial charge in [-0.1, -0.05) is 60.7 Å². The minimum Gasteiger partial charge on any atom is -0.448 e. The molecule has 4 nitrogen and oxygen atoms in total. The Labute approximate surface area is 185 Å². The van der Waals surface area contributed by atoms with Crippen LogP contribution in [0.3, 0.4) is 0 Å². The lowest BCUT2D eigenvalue weighted by Gasteiger charge is -2.27. The molecule has 0 aromatic heterocycles. The van der Waals surface area contributed by atoms with Crippen LogP contribution in [0.25, 0.3) is 11.1 Å². The number of nitrogens with zero attached hydrogens (tertiary/aromatic N) is 1. The summed E-state index contributed by atoms with van der Waals surface area (Å²) < 4.78 is 21.2. The number of carbonyl (C=O) groups is 2. The summed E-state index contributed by atoms with van der Waals surface area (Å²) in [4.78, 5) is 24.3. The van der Waals surface area contributed by atoms with Gasteiger partial charge in [-0.3, -0.25) is 0 Å². The lowest BCUT2D eigenvalue weighted by molar-refractivity contribution is -0.108. The Morgan fingerprint density at radius 3 is 2.23 bits per heavy atom. The number of rotatable bonds is 7. The van der Waals surface area contributed by atoms with Gasteiger partial charge >= 0.3 is 6.09 Å². The van der Waals surface area contributed by atoms with Crippen molar-refractivity contribution in [2.24, 2.45) is 0 Å². The van der Waals surface area contributed by atoms with Gasteiger partial charge in [0.1, 0.15) is 18.7 Å². The Hall–Kier alpha value is -3.12. The molecule has 158 valence electrons. The first-order valence-electron chi connectivity index (χ1n) is 10.1. The van der Waals surface area contributed by atoms with Crippen molar-refractivity contribution in [3.05, 3.63) is 89.7 Å². The Morgan fingerprint density at radius 1 is 1.03 bits per heavy atom. The summed E-state index contributed by atoms with van der Waals surface area (Å²) in [6, 6.07) is 22.0. The number of amides is 1. The molecule has 1 amide bonds. The highest BCUT2D eigenvalue weighted by Crippen LogP contribution is 2.44. The van der Waals surface area contributed by atoms with Gasteiger partial charge in [-0.05, 0) is 53.3 Å². The molecule has 0 bridgehead atoms. The molecular formula is C25H22FNO3S. The number of carbonyl (C=O) groups excluding carboxylic acids is 2. The molecule has 0 saturated heterocycles. The maximum absolute atomic E-state index is 14.2. The van der Waals surface area contributed by atoms with Crippen molar-refractivity contribution >= 4 is 24.3 Å². The zero-order valence-electron chi connectivity index (χ0n) is 17.0. The van der Waals surface area contributed by atoms with Gasteiger partial charge in [-0.15, -0.1) is 0 Å². The van der Waals surface area contributed by atoms with Crippen LogP contribution in [0.15, 0.2) is 77.7 Å². The second-order valence-electron chi connectivity index (χ2n) is 7.40. The predicted octanol–water partition coefficient (Wildman–Crippen LogP) is 6.06. The Balaban J connectivity index is 1.54. The average molecular weight is 436 g/mol. The highest BCUT2D eigenvalue weighted by molar-refractivity contribution is 7.97. The number of halogens is 1. The molecule has 0 heterocycles. The number of hydrogen-bond acceptors (Lipinski definition) is 4. The van der Waals surface area contributed by atoms with Crippen LogP contribution in [-0.2, 0) is 9.53 Å². The van der Waals surface area contributed by atoms with Crippen LogP contribution in [0.2, 0.25) is 0 Å². The summed E-state index contributed by atoms with van der Waals surface area (Å²) in [6.07, 6.45) is 0.284. The lowest BCUT2D eigenvalue weighted by atomic mass is 9.98. The second-order valence-corrected chi connectivity index (χ2v) is 8.42. The van der Waals surface area contributed by atoms with Crippen LogP contribution < -0.4 is 0 Å². The molecule has 0 saturated carbocycles. The molecule has 31 heavy (non-hydrogen) atoms. The van der Waals surface area contributed by atoms with Crippen LogP contribution in [0.1, 0.15) is 30.4 Å². The first kappa shape index (κ1) is 21.1. The fourth-order valence-corrected chi connectivity index (χ4v) is 4.72. The van der Waals surface area contributed by atoms with E-state index in [4.69, 9.17) is 4.74 Å². The molecule has 1 aliphatic rings. The molecule has 0 aliphatic heterocycles. The molecule has 0 radical (unpaired) electrons. The minimum absolute atomic E-state index is 0.0713. The summed E-state index contributed by atoms with van der Waals surface area (Å²) in [6.45, 7) is 1.90. The van der Waals surface area contributed by atoms with Crippen molar-refractivity contribution in [3.63, 3.8) is 0 Å². The zero-order chi connectivity index (χ0) is 21.8. The molecule has 0 N–H and O–H groups in total. The number of hydrogen-bond donors (Lipinski definition) is 0. The number of benzene rings is 3. The molecule has 0 unspecified atom stereocenters. The van der Waals surface area contributed by atoms with Crippen molar-refractivity contribution in [2.45, 2.75) is 30.2 Å². The summed E-state index contributed by atoms with van der Waals surface area (Å²) >= 11 is 0.950. The predicted molar refractivity (Wildman–Crippen MR) is 119 cm³/mol. The van der Waals surface area contributed by atoms with E-state index < -0.39 is 18.0 Å². The first-order valence-corrected chi connectivity index (χ1v) is 10.9. The van der Waals surface area contributed by atoms with Crippen LogP contribution in [0, 0.1) is 5.82 Å². The summed E-state index contributed by atoms with van der Waals surface area (Å²) in [5.41, 5.74) is 4.52. The fraction of sp³-hybridized carbons (Fsp3) is 0.200. The van der Waals surface area contributed by atoms with Gasteiger partial charge in [0.2, 0.25) is 0 Å². The van der Waals surface area contributed by atoms with Crippen molar-refractivity contribution in [3.8, 4) is 11.1 Å². The maximum atomic E-state index is 14.2. The summed E-state index contributed by atoms with van der Waals surface area (Å²) in [5.74, 6) is -0.500. The SMILES string of the molecule is C[C@H](CC=O)N(Sc1ccccc1F)C(=O)OCC1c2ccccc2-c2ccccc21. The Bertz CT molecular complexity index is 1060. The standard InChI is InChI=1S/C25H22FNO3S/c1-17(14-15-28)27(31-24-13-7-6-12-23(24)26)25(29)30-16-22-20-10-4-2-8-18(20)19-9-3-5-11-21(19)22/h2-13,15,17,22H,14,16H2,1H3/t17-/m1/s1. The third-order valence-corrected chi connectivity index (χ3v) is 6.62.